The van der Waals surface area contributed by atoms with E-state index in [1.165, 1.54) is 0 Å². The van der Waals surface area contributed by atoms with E-state index in [1.54, 1.807) is 18.2 Å². The summed E-state index contributed by atoms with van der Waals surface area (Å²) in [5.74, 6) is 0.318. The lowest BCUT2D eigenvalue weighted by molar-refractivity contribution is -0.134. The third kappa shape index (κ3) is 6.18. The number of nitrogens with one attached hydrogen (secondary N) is 2. The molecule has 1 unspecified atom stereocenters. The first kappa shape index (κ1) is 18.3. The number of ether oxygens (including phenoxy) is 2. The van der Waals surface area contributed by atoms with Gasteiger partial charge in [0.25, 0.3) is 11.8 Å². The maximum Gasteiger partial charge on any atom is 0.279 e. The number of para-hydroxylation sites is 1. The number of hydrazine groups is 1. The minimum atomic E-state index is -0.694. The normalized spacial score (nSPS) is 11.3. The minimum Gasteiger partial charge on any atom is -0.484 e. The van der Waals surface area contributed by atoms with Gasteiger partial charge in [0.15, 0.2) is 12.7 Å². The van der Waals surface area contributed by atoms with Gasteiger partial charge in [-0.3, -0.25) is 20.4 Å². The van der Waals surface area contributed by atoms with E-state index >= 15 is 0 Å². The minimum absolute atomic E-state index is 0.194. The molecule has 0 spiro atoms. The van der Waals surface area contributed by atoms with Crippen molar-refractivity contribution in [2.24, 2.45) is 0 Å². The van der Waals surface area contributed by atoms with Gasteiger partial charge >= 0.3 is 0 Å². The molecule has 6 nitrogen and oxygen atoms in total. The van der Waals surface area contributed by atoms with E-state index in [4.69, 9.17) is 9.47 Å². The lowest BCUT2D eigenvalue weighted by atomic mass is 10.2. The van der Waals surface area contributed by atoms with Gasteiger partial charge in [0, 0.05) is 0 Å². The summed E-state index contributed by atoms with van der Waals surface area (Å²) in [6.07, 6.45) is -0.225. The van der Waals surface area contributed by atoms with Gasteiger partial charge in [0.05, 0.1) is 0 Å². The van der Waals surface area contributed by atoms with Crippen LogP contribution in [0.1, 0.15) is 18.9 Å². The van der Waals surface area contributed by atoms with Gasteiger partial charge in [-0.1, -0.05) is 37.3 Å². The predicted molar refractivity (Wildman–Crippen MR) is 94.1 cm³/mol. The molecule has 0 aliphatic carbocycles. The number of aryl methyl sites for hydroxylation is 1. The molecular formula is C19H22N2O4. The Hall–Kier alpha value is -3.02. The van der Waals surface area contributed by atoms with Crippen LogP contribution in [0.4, 0.5) is 0 Å². The number of hydrogen-bond donors (Lipinski definition) is 2. The van der Waals surface area contributed by atoms with E-state index in [-0.39, 0.29) is 6.61 Å². The van der Waals surface area contributed by atoms with Crippen molar-refractivity contribution in [1.29, 1.82) is 0 Å². The fourth-order valence-corrected chi connectivity index (χ4v) is 2.09. The molecule has 0 radical (unpaired) electrons. The second-order valence-electron chi connectivity index (χ2n) is 5.47. The van der Waals surface area contributed by atoms with Gasteiger partial charge in [-0.25, -0.2) is 0 Å². The zero-order valence-corrected chi connectivity index (χ0v) is 14.3. The average Bonchev–Trinajstić information content (AvgIpc) is 2.63. The highest BCUT2D eigenvalue weighted by molar-refractivity contribution is 5.85. The Kier molecular flexibility index (Phi) is 6.83. The van der Waals surface area contributed by atoms with Crippen LogP contribution >= 0.6 is 0 Å². The lowest BCUT2D eigenvalue weighted by Crippen LogP contribution is -2.49. The molecule has 25 heavy (non-hydrogen) atoms. The van der Waals surface area contributed by atoms with Gasteiger partial charge in [-0.05, 0) is 43.2 Å². The molecule has 0 bridgehead atoms. The van der Waals surface area contributed by atoms with E-state index in [0.717, 1.165) is 5.56 Å². The van der Waals surface area contributed by atoms with Crippen molar-refractivity contribution in [2.75, 3.05) is 6.61 Å². The predicted octanol–water partition coefficient (Wildman–Crippen LogP) is 2.38. The summed E-state index contributed by atoms with van der Waals surface area (Å²) in [6.45, 7) is 3.57. The monoisotopic (exact) mass is 342 g/mol. The zero-order chi connectivity index (χ0) is 18.1. The fourth-order valence-electron chi connectivity index (χ4n) is 2.09. The summed E-state index contributed by atoms with van der Waals surface area (Å²) in [6, 6.07) is 16.4. The molecule has 0 fully saturated rings. The standard InChI is InChI=1S/C19H22N2O4/c1-3-17(25-15-9-5-4-6-10-15)19(23)21-20-18(22)13-24-16-11-7-8-14(2)12-16/h4-12,17H,3,13H2,1-2H3,(H,20,22)(H,21,23). The molecule has 2 rings (SSSR count). The second kappa shape index (κ2) is 9.32. The Morgan fingerprint density at radius 3 is 2.40 bits per heavy atom. The van der Waals surface area contributed by atoms with Crippen LogP contribution in [0, 0.1) is 6.92 Å². The maximum atomic E-state index is 12.1. The Bertz CT molecular complexity index is 704. The SMILES string of the molecule is CCC(Oc1ccccc1)C(=O)NNC(=O)COc1cccc(C)c1. The molecule has 6 heteroatoms. The molecule has 2 aromatic rings. The van der Waals surface area contributed by atoms with Crippen molar-refractivity contribution in [3.05, 3.63) is 60.2 Å². The first-order valence-corrected chi connectivity index (χ1v) is 8.08. The highest BCUT2D eigenvalue weighted by Gasteiger charge is 2.18. The van der Waals surface area contributed by atoms with Gasteiger partial charge in [-0.2, -0.15) is 0 Å². The molecule has 0 aliphatic heterocycles. The van der Waals surface area contributed by atoms with Crippen LogP contribution in [0.5, 0.6) is 11.5 Å². The second-order valence-corrected chi connectivity index (χ2v) is 5.47. The highest BCUT2D eigenvalue weighted by atomic mass is 16.5. The van der Waals surface area contributed by atoms with Crippen LogP contribution in [0.2, 0.25) is 0 Å². The smallest absolute Gasteiger partial charge is 0.279 e. The van der Waals surface area contributed by atoms with Crippen LogP contribution < -0.4 is 20.3 Å². The molecule has 2 amide bonds. The zero-order valence-electron chi connectivity index (χ0n) is 14.3. The van der Waals surface area contributed by atoms with Crippen LogP contribution in [-0.2, 0) is 9.59 Å². The van der Waals surface area contributed by atoms with Gasteiger partial charge in [0.2, 0.25) is 0 Å². The molecule has 2 N–H and O–H groups in total. The Morgan fingerprint density at radius 2 is 1.72 bits per heavy atom. The number of rotatable bonds is 7. The summed E-state index contributed by atoms with van der Waals surface area (Å²) in [5.41, 5.74) is 5.72. The molecule has 0 saturated heterocycles. The number of hydrogen-bond acceptors (Lipinski definition) is 4. The van der Waals surface area contributed by atoms with Crippen molar-refractivity contribution < 1.29 is 19.1 Å². The topological polar surface area (TPSA) is 76.7 Å². The molecular weight excluding hydrogens is 320 g/mol. The summed E-state index contributed by atoms with van der Waals surface area (Å²) >= 11 is 0. The van der Waals surface area contributed by atoms with Gasteiger partial charge in [-0.15, -0.1) is 0 Å². The molecule has 132 valence electrons. The summed E-state index contributed by atoms with van der Waals surface area (Å²) in [4.78, 5) is 23.9. The van der Waals surface area contributed by atoms with E-state index in [1.807, 2.05) is 50.2 Å². The number of amides is 2. The van der Waals surface area contributed by atoms with Crippen molar-refractivity contribution in [1.82, 2.24) is 10.9 Å². The third-order valence-electron chi connectivity index (χ3n) is 3.37. The Balaban J connectivity index is 1.76. The third-order valence-corrected chi connectivity index (χ3v) is 3.37. The Morgan fingerprint density at radius 1 is 1.00 bits per heavy atom. The Labute approximate surface area is 147 Å². The van der Waals surface area contributed by atoms with Crippen LogP contribution in [0.3, 0.4) is 0 Å². The van der Waals surface area contributed by atoms with Gasteiger partial charge < -0.3 is 9.47 Å². The largest absolute Gasteiger partial charge is 0.484 e. The quantitative estimate of drug-likeness (QED) is 0.758. The van der Waals surface area contributed by atoms with E-state index < -0.39 is 17.9 Å². The summed E-state index contributed by atoms with van der Waals surface area (Å²) < 4.78 is 11.0. The number of carbonyl (C=O) groups excluding carboxylic acids is 2. The van der Waals surface area contributed by atoms with Crippen LogP contribution in [0.15, 0.2) is 54.6 Å². The highest BCUT2D eigenvalue weighted by Crippen LogP contribution is 2.13. The molecule has 0 saturated carbocycles. The first-order valence-electron chi connectivity index (χ1n) is 8.08. The van der Waals surface area contributed by atoms with Gasteiger partial charge in [0.1, 0.15) is 11.5 Å². The molecule has 2 aromatic carbocycles. The van der Waals surface area contributed by atoms with E-state index in [9.17, 15) is 9.59 Å². The molecule has 0 aliphatic rings. The average molecular weight is 342 g/mol. The molecule has 0 aromatic heterocycles. The van der Waals surface area contributed by atoms with Crippen molar-refractivity contribution in [3.8, 4) is 11.5 Å². The van der Waals surface area contributed by atoms with E-state index in [2.05, 4.69) is 10.9 Å². The number of benzene rings is 2. The van der Waals surface area contributed by atoms with Crippen LogP contribution in [0.25, 0.3) is 0 Å². The molecule has 1 atom stereocenters. The first-order chi connectivity index (χ1) is 12.1. The fraction of sp³-hybridized carbons (Fsp3) is 0.263. The van der Waals surface area contributed by atoms with Crippen molar-refractivity contribution >= 4 is 11.8 Å². The maximum absolute atomic E-state index is 12.1. The van der Waals surface area contributed by atoms with Crippen LogP contribution in [-0.4, -0.2) is 24.5 Å². The van der Waals surface area contributed by atoms with E-state index in [0.29, 0.717) is 17.9 Å². The lowest BCUT2D eigenvalue weighted by Gasteiger charge is -2.17. The number of carbonyl (C=O) groups is 2. The van der Waals surface area contributed by atoms with Crippen molar-refractivity contribution in [2.45, 2.75) is 26.4 Å². The summed E-state index contributed by atoms with van der Waals surface area (Å²) in [7, 11) is 0. The van der Waals surface area contributed by atoms with Crippen molar-refractivity contribution in [3.63, 3.8) is 0 Å². The molecule has 0 heterocycles. The summed E-state index contributed by atoms with van der Waals surface area (Å²) in [5, 5.41) is 0.